The molecule has 0 aromatic heterocycles. The third-order valence-electron chi connectivity index (χ3n) is 8.08. The van der Waals surface area contributed by atoms with Crippen molar-refractivity contribution in [2.45, 2.75) is 137 Å². The first-order valence-corrected chi connectivity index (χ1v) is 21.3. The molecule has 0 aliphatic heterocycles. The summed E-state index contributed by atoms with van der Waals surface area (Å²) >= 11 is -2.24. The Labute approximate surface area is 193 Å². The molecule has 0 nitrogen and oxygen atoms in total. The van der Waals surface area contributed by atoms with Crippen molar-refractivity contribution in [1.29, 1.82) is 0 Å². The summed E-state index contributed by atoms with van der Waals surface area (Å²) in [6, 6.07) is 10.4. The van der Waals surface area contributed by atoms with E-state index in [1.54, 1.807) is 18.9 Å². The fourth-order valence-electron chi connectivity index (χ4n) is 5.93. The zero-order valence-electron chi connectivity index (χ0n) is 21.0. The van der Waals surface area contributed by atoms with Gasteiger partial charge in [0.25, 0.3) is 0 Å². The summed E-state index contributed by atoms with van der Waals surface area (Å²) in [6.07, 6.45) is 20.1. The number of rotatable bonds is 15. The fourth-order valence-corrected chi connectivity index (χ4v) is 21.9. The maximum atomic E-state index is 2.64. The molecule has 172 valence electrons. The van der Waals surface area contributed by atoms with E-state index >= 15 is 0 Å². The molecule has 0 radical (unpaired) electrons. The van der Waals surface area contributed by atoms with Gasteiger partial charge in [0, 0.05) is 0 Å². The van der Waals surface area contributed by atoms with Crippen LogP contribution in [0.3, 0.4) is 0 Å². The quantitative estimate of drug-likeness (QED) is 0.160. The van der Waals surface area contributed by atoms with Crippen LogP contribution >= 0.6 is 0 Å². The molecule has 2 rings (SSSR count). The molecule has 1 heteroatoms. The van der Waals surface area contributed by atoms with Crippen molar-refractivity contribution in [1.82, 2.24) is 0 Å². The van der Waals surface area contributed by atoms with Crippen molar-refractivity contribution in [3.05, 3.63) is 29.8 Å². The summed E-state index contributed by atoms with van der Waals surface area (Å²) in [5.41, 5.74) is 1.66. The van der Waals surface area contributed by atoms with Crippen LogP contribution in [0.1, 0.15) is 129 Å². The predicted octanol–water partition coefficient (Wildman–Crippen LogP) is 9.60. The van der Waals surface area contributed by atoms with Crippen LogP contribution in [0.5, 0.6) is 0 Å². The maximum absolute atomic E-state index is 2.64. The van der Waals surface area contributed by atoms with Gasteiger partial charge in [-0.05, 0) is 0 Å². The molecule has 30 heavy (non-hydrogen) atoms. The van der Waals surface area contributed by atoms with Crippen LogP contribution < -0.4 is 3.58 Å². The second-order valence-corrected chi connectivity index (χ2v) is 23.7. The molecule has 0 spiro atoms. The Hall–Kier alpha value is 0.0187. The van der Waals surface area contributed by atoms with Gasteiger partial charge in [0.2, 0.25) is 0 Å². The van der Waals surface area contributed by atoms with E-state index in [-0.39, 0.29) is 0 Å². The van der Waals surface area contributed by atoms with Crippen LogP contribution in [0.15, 0.2) is 24.3 Å². The predicted molar refractivity (Wildman–Crippen MR) is 140 cm³/mol. The summed E-state index contributed by atoms with van der Waals surface area (Å²) in [6.45, 7) is 9.49. The van der Waals surface area contributed by atoms with Gasteiger partial charge in [-0.3, -0.25) is 0 Å². The standard InChI is InChI=1S/C17H25.3C4H9.Sn/c1-2-3-5-8-15-11-13-17(14-12-15)16-9-6-4-7-10-16;3*1-3-4-2;/h6-7,9-10,15,17H,2-3,5,8,11-14H2,1H3;3*1,3-4H2,2H3;. The van der Waals surface area contributed by atoms with Gasteiger partial charge in [-0.2, -0.15) is 0 Å². The molecule has 0 N–H and O–H groups in total. The van der Waals surface area contributed by atoms with Gasteiger partial charge < -0.3 is 0 Å². The molecule has 0 saturated heterocycles. The van der Waals surface area contributed by atoms with E-state index in [1.165, 1.54) is 89.9 Å². The molecule has 0 atom stereocenters. The molecule has 1 aromatic carbocycles. The van der Waals surface area contributed by atoms with Crippen molar-refractivity contribution in [2.24, 2.45) is 5.92 Å². The van der Waals surface area contributed by atoms with Gasteiger partial charge in [-0.1, -0.05) is 6.92 Å². The second kappa shape index (κ2) is 15.0. The molecule has 0 unspecified atom stereocenters. The molecule has 0 amide bonds. The van der Waals surface area contributed by atoms with Crippen molar-refractivity contribution in [3.63, 3.8) is 0 Å². The van der Waals surface area contributed by atoms with Gasteiger partial charge in [0.15, 0.2) is 0 Å². The second-order valence-electron chi connectivity index (χ2n) is 10.4. The summed E-state index contributed by atoms with van der Waals surface area (Å²) in [5.74, 6) is 1.86. The fraction of sp³-hybridized carbons (Fsp3) is 0.793. The molecule has 1 saturated carbocycles. The van der Waals surface area contributed by atoms with Gasteiger partial charge in [0.1, 0.15) is 0 Å². The Balaban J connectivity index is 2.04. The number of benzene rings is 1. The van der Waals surface area contributed by atoms with Crippen LogP contribution in [0.4, 0.5) is 0 Å². The summed E-state index contributed by atoms with van der Waals surface area (Å²) in [7, 11) is 0. The molecule has 1 aromatic rings. The normalized spacial score (nSPS) is 19.9. The van der Waals surface area contributed by atoms with Gasteiger partial charge in [0.05, 0.1) is 0 Å². The SMILES string of the molecule is CCCCCC1CCC(c2cc[c]([Sn]([CH2]CCC)([CH2]CCC)[CH2]CCC)cc2)CC1. The summed E-state index contributed by atoms with van der Waals surface area (Å²) in [5, 5.41) is 0. The minimum atomic E-state index is -2.24. The number of hydrogen-bond acceptors (Lipinski definition) is 0. The third-order valence-corrected chi connectivity index (χ3v) is 23.8. The van der Waals surface area contributed by atoms with Crippen LogP contribution in [0.25, 0.3) is 0 Å². The topological polar surface area (TPSA) is 0 Å². The molecule has 0 bridgehead atoms. The Morgan fingerprint density at radius 3 is 1.60 bits per heavy atom. The first-order valence-electron chi connectivity index (χ1n) is 13.8. The van der Waals surface area contributed by atoms with Crippen LogP contribution in [0.2, 0.25) is 13.3 Å². The molecule has 1 aliphatic carbocycles. The summed E-state index contributed by atoms with van der Waals surface area (Å²) < 4.78 is 6.63. The summed E-state index contributed by atoms with van der Waals surface area (Å²) in [4.78, 5) is 0. The molecule has 0 heterocycles. The molecule has 1 aliphatic rings. The van der Waals surface area contributed by atoms with Gasteiger partial charge in [-0.25, -0.2) is 0 Å². The van der Waals surface area contributed by atoms with E-state index in [0.717, 1.165) is 11.8 Å². The van der Waals surface area contributed by atoms with Gasteiger partial charge in [-0.15, -0.1) is 0 Å². The first kappa shape index (κ1) is 26.3. The zero-order valence-corrected chi connectivity index (χ0v) is 23.8. The van der Waals surface area contributed by atoms with Crippen molar-refractivity contribution >= 4 is 22.0 Å². The monoisotopic (exact) mass is 520 g/mol. The zero-order chi connectivity index (χ0) is 21.7. The average molecular weight is 519 g/mol. The van der Waals surface area contributed by atoms with E-state index in [9.17, 15) is 0 Å². The van der Waals surface area contributed by atoms with E-state index in [0.29, 0.717) is 0 Å². The van der Waals surface area contributed by atoms with E-state index in [1.807, 2.05) is 3.58 Å². The number of hydrogen-bond donors (Lipinski definition) is 0. The molecular formula is C29H52Sn. The third kappa shape index (κ3) is 8.18. The van der Waals surface area contributed by atoms with Crippen LogP contribution in [0, 0.1) is 5.92 Å². The van der Waals surface area contributed by atoms with E-state index in [4.69, 9.17) is 0 Å². The Kier molecular flexibility index (Phi) is 13.1. The van der Waals surface area contributed by atoms with Crippen LogP contribution in [-0.2, 0) is 0 Å². The number of unbranched alkanes of at least 4 members (excludes halogenated alkanes) is 5. The molecular weight excluding hydrogens is 467 g/mol. The van der Waals surface area contributed by atoms with Crippen LogP contribution in [-0.4, -0.2) is 18.4 Å². The van der Waals surface area contributed by atoms with E-state index in [2.05, 4.69) is 52.0 Å². The average Bonchev–Trinajstić information content (AvgIpc) is 2.80. The first-order chi connectivity index (χ1) is 14.7. The van der Waals surface area contributed by atoms with Crippen molar-refractivity contribution in [2.75, 3.05) is 0 Å². The van der Waals surface area contributed by atoms with Gasteiger partial charge >= 0.3 is 188 Å². The van der Waals surface area contributed by atoms with Crippen molar-refractivity contribution in [3.8, 4) is 0 Å². The Bertz CT molecular complexity index is 516. The molecule has 1 fully saturated rings. The Morgan fingerprint density at radius 1 is 0.633 bits per heavy atom. The Morgan fingerprint density at radius 2 is 1.13 bits per heavy atom. The van der Waals surface area contributed by atoms with Crippen molar-refractivity contribution < 1.29 is 0 Å². The minimum absolute atomic E-state index is 0.841. The van der Waals surface area contributed by atoms with E-state index < -0.39 is 18.4 Å².